The molecular weight excluding hydrogens is 388 g/mol. The average molecular weight is 415 g/mol. The molecule has 1 heterocycles. The number of carbonyl (C=O) groups is 2. The van der Waals surface area contributed by atoms with Crippen molar-refractivity contribution < 1.29 is 24.9 Å². The average Bonchev–Trinajstić information content (AvgIpc) is 3.23. The minimum Gasteiger partial charge on any atom is -0.481 e. The summed E-state index contributed by atoms with van der Waals surface area (Å²) < 4.78 is 1.10. The van der Waals surface area contributed by atoms with E-state index in [4.69, 9.17) is 5.11 Å². The Morgan fingerprint density at radius 1 is 1.28 bits per heavy atom. The summed E-state index contributed by atoms with van der Waals surface area (Å²) >= 11 is 1.52. The van der Waals surface area contributed by atoms with Crippen LogP contribution in [-0.2, 0) is 9.59 Å². The molecule has 0 saturated heterocycles. The number of aliphatic hydroxyl groups is 2. The number of aliphatic carboxylic acids is 1. The van der Waals surface area contributed by atoms with Crippen LogP contribution in [0.5, 0.6) is 0 Å². The van der Waals surface area contributed by atoms with E-state index in [1.165, 1.54) is 11.3 Å². The molecule has 3 rings (SSSR count). The number of hydrogen-bond donors (Lipinski definition) is 3. The molecule has 1 aromatic carbocycles. The van der Waals surface area contributed by atoms with E-state index in [2.05, 4.69) is 0 Å². The highest BCUT2D eigenvalue weighted by Crippen LogP contribution is 2.35. The molecule has 1 unspecified atom stereocenters. The SMILES string of the molecule is O=C(O)CCCC=CC[C@H]1[C@@H](O)CC(=O)[C@@H]1C=CC(O)c1cc2ccccc2s1. The van der Waals surface area contributed by atoms with Gasteiger partial charge in [0.25, 0.3) is 0 Å². The van der Waals surface area contributed by atoms with Gasteiger partial charge in [0.05, 0.1) is 6.10 Å². The van der Waals surface area contributed by atoms with Crippen molar-refractivity contribution in [2.75, 3.05) is 0 Å². The van der Waals surface area contributed by atoms with Crippen molar-refractivity contribution in [3.05, 3.63) is 59.5 Å². The van der Waals surface area contributed by atoms with Crippen molar-refractivity contribution in [1.29, 1.82) is 0 Å². The Labute approximate surface area is 174 Å². The number of aliphatic hydroxyl groups excluding tert-OH is 2. The largest absolute Gasteiger partial charge is 0.481 e. The quantitative estimate of drug-likeness (QED) is 0.421. The van der Waals surface area contributed by atoms with Gasteiger partial charge in [-0.3, -0.25) is 9.59 Å². The van der Waals surface area contributed by atoms with E-state index < -0.39 is 24.1 Å². The first-order valence-electron chi connectivity index (χ1n) is 9.88. The van der Waals surface area contributed by atoms with Crippen molar-refractivity contribution in [1.82, 2.24) is 0 Å². The van der Waals surface area contributed by atoms with E-state index in [0.717, 1.165) is 15.0 Å². The number of unbranched alkanes of at least 4 members (excludes halogenated alkanes) is 1. The molecule has 0 amide bonds. The molecule has 0 bridgehead atoms. The molecule has 1 saturated carbocycles. The third-order valence-electron chi connectivity index (χ3n) is 5.31. The summed E-state index contributed by atoms with van der Waals surface area (Å²) in [6.45, 7) is 0. The number of fused-ring (bicyclic) bond motifs is 1. The Kier molecular flexibility index (Phi) is 7.36. The number of hydrogen-bond acceptors (Lipinski definition) is 5. The van der Waals surface area contributed by atoms with Crippen molar-refractivity contribution in [2.24, 2.45) is 11.8 Å². The standard InChI is InChI=1S/C23H26O5S/c24-18(22-13-15-7-5-6-9-21(15)29-22)12-11-17-16(19(25)14-20(17)26)8-3-1-2-4-10-23(27)28/h1,3,5-7,9,11-13,16-19,24-25H,2,4,8,10,14H2,(H,27,28)/t16-,17-,18?,19+/m1/s1. The van der Waals surface area contributed by atoms with E-state index in [9.17, 15) is 19.8 Å². The van der Waals surface area contributed by atoms with E-state index in [1.807, 2.05) is 42.5 Å². The minimum absolute atomic E-state index is 0.0124. The van der Waals surface area contributed by atoms with Crippen LogP contribution in [0.15, 0.2) is 54.6 Å². The van der Waals surface area contributed by atoms with Crippen LogP contribution in [0.3, 0.4) is 0 Å². The van der Waals surface area contributed by atoms with Gasteiger partial charge in [-0.05, 0) is 36.8 Å². The number of ketones is 1. The number of carboxylic acids is 1. The highest BCUT2D eigenvalue weighted by atomic mass is 32.1. The molecule has 1 aliphatic rings. The van der Waals surface area contributed by atoms with Crippen molar-refractivity contribution in [3.8, 4) is 0 Å². The van der Waals surface area contributed by atoms with Crippen LogP contribution in [0.2, 0.25) is 0 Å². The fourth-order valence-electron chi connectivity index (χ4n) is 3.74. The molecule has 1 aliphatic carbocycles. The maximum absolute atomic E-state index is 12.3. The number of carboxylic acid groups (broad SMARTS) is 1. The summed E-state index contributed by atoms with van der Waals surface area (Å²) in [6.07, 6.45) is 7.77. The zero-order valence-electron chi connectivity index (χ0n) is 16.1. The molecular formula is C23H26O5S. The summed E-state index contributed by atoms with van der Waals surface area (Å²) in [7, 11) is 0. The lowest BCUT2D eigenvalue weighted by Crippen LogP contribution is -2.18. The normalized spacial score (nSPS) is 23.5. The second-order valence-electron chi connectivity index (χ2n) is 7.44. The number of benzene rings is 1. The maximum atomic E-state index is 12.3. The lowest BCUT2D eigenvalue weighted by atomic mass is 9.90. The molecule has 1 fully saturated rings. The first kappa shape index (κ1) is 21.4. The Hall–Kier alpha value is -2.28. The van der Waals surface area contributed by atoms with E-state index in [-0.39, 0.29) is 24.5 Å². The van der Waals surface area contributed by atoms with Gasteiger partial charge < -0.3 is 15.3 Å². The lowest BCUT2D eigenvalue weighted by Gasteiger charge is -2.17. The first-order chi connectivity index (χ1) is 14.0. The number of rotatable bonds is 9. The van der Waals surface area contributed by atoms with Gasteiger partial charge in [0.1, 0.15) is 11.9 Å². The monoisotopic (exact) mass is 414 g/mol. The van der Waals surface area contributed by atoms with Crippen LogP contribution >= 0.6 is 11.3 Å². The molecule has 4 atom stereocenters. The van der Waals surface area contributed by atoms with Gasteiger partial charge in [0.15, 0.2) is 0 Å². The second-order valence-corrected chi connectivity index (χ2v) is 8.55. The number of thiophene rings is 1. The molecule has 2 aromatic rings. The van der Waals surface area contributed by atoms with Crippen LogP contribution in [0.25, 0.3) is 10.1 Å². The highest BCUT2D eigenvalue weighted by molar-refractivity contribution is 7.19. The van der Waals surface area contributed by atoms with Crippen LogP contribution in [0, 0.1) is 11.8 Å². The third-order valence-corrected chi connectivity index (χ3v) is 6.50. The van der Waals surface area contributed by atoms with Gasteiger partial charge in [0.2, 0.25) is 0 Å². The van der Waals surface area contributed by atoms with Gasteiger partial charge in [0, 0.05) is 34.3 Å². The summed E-state index contributed by atoms with van der Waals surface area (Å²) in [5.41, 5.74) is 0. The summed E-state index contributed by atoms with van der Waals surface area (Å²) in [5, 5.41) is 30.5. The van der Waals surface area contributed by atoms with Gasteiger partial charge >= 0.3 is 5.97 Å². The predicted octanol–water partition coefficient (Wildman–Crippen LogP) is 4.26. The van der Waals surface area contributed by atoms with Gasteiger partial charge in [-0.2, -0.15) is 0 Å². The molecule has 29 heavy (non-hydrogen) atoms. The first-order valence-corrected chi connectivity index (χ1v) is 10.7. The predicted molar refractivity (Wildman–Crippen MR) is 114 cm³/mol. The zero-order valence-corrected chi connectivity index (χ0v) is 16.9. The fourth-order valence-corrected chi connectivity index (χ4v) is 4.77. The van der Waals surface area contributed by atoms with E-state index in [1.54, 1.807) is 12.2 Å². The Bertz CT molecular complexity index is 880. The molecule has 5 nitrogen and oxygen atoms in total. The van der Waals surface area contributed by atoms with Crippen LogP contribution in [0.1, 0.15) is 43.1 Å². The Balaban J connectivity index is 1.61. The van der Waals surface area contributed by atoms with Crippen LogP contribution in [-0.4, -0.2) is 33.2 Å². The maximum Gasteiger partial charge on any atom is 0.303 e. The molecule has 6 heteroatoms. The van der Waals surface area contributed by atoms with Crippen molar-refractivity contribution in [3.63, 3.8) is 0 Å². The zero-order chi connectivity index (χ0) is 20.8. The molecule has 0 radical (unpaired) electrons. The topological polar surface area (TPSA) is 94.8 Å². The van der Waals surface area contributed by atoms with Gasteiger partial charge in [-0.25, -0.2) is 0 Å². The molecule has 0 spiro atoms. The number of allylic oxidation sites excluding steroid dienone is 3. The van der Waals surface area contributed by atoms with Crippen LogP contribution < -0.4 is 0 Å². The Morgan fingerprint density at radius 2 is 2.07 bits per heavy atom. The van der Waals surface area contributed by atoms with Gasteiger partial charge in [-0.15, -0.1) is 11.3 Å². The lowest BCUT2D eigenvalue weighted by molar-refractivity contribution is -0.137. The summed E-state index contributed by atoms with van der Waals surface area (Å²) in [5.74, 6) is -1.46. The number of carbonyl (C=O) groups excluding carboxylic acids is 1. The summed E-state index contributed by atoms with van der Waals surface area (Å²) in [4.78, 5) is 23.7. The van der Waals surface area contributed by atoms with E-state index >= 15 is 0 Å². The van der Waals surface area contributed by atoms with Crippen molar-refractivity contribution in [2.45, 2.75) is 44.3 Å². The summed E-state index contributed by atoms with van der Waals surface area (Å²) in [6, 6.07) is 9.89. The molecule has 154 valence electrons. The third kappa shape index (κ3) is 5.63. The minimum atomic E-state index is -0.808. The number of Topliss-reactive ketones (excluding diaryl/α,β-unsaturated/α-hetero) is 1. The molecule has 1 aromatic heterocycles. The van der Waals surface area contributed by atoms with Gasteiger partial charge in [-0.1, -0.05) is 42.5 Å². The molecule has 3 N–H and O–H groups in total. The Morgan fingerprint density at radius 3 is 2.83 bits per heavy atom. The fraction of sp³-hybridized carbons (Fsp3) is 0.391. The van der Waals surface area contributed by atoms with E-state index in [0.29, 0.717) is 19.3 Å². The van der Waals surface area contributed by atoms with Crippen molar-refractivity contribution >= 4 is 33.2 Å². The highest BCUT2D eigenvalue weighted by Gasteiger charge is 2.39. The second kappa shape index (κ2) is 9.96. The molecule has 0 aliphatic heterocycles. The van der Waals surface area contributed by atoms with Crippen LogP contribution in [0.4, 0.5) is 0 Å². The smallest absolute Gasteiger partial charge is 0.303 e.